The number of urea groups is 1. The number of nitrogens with zero attached hydrogens (tertiary/aromatic N) is 1. The summed E-state index contributed by atoms with van der Waals surface area (Å²) in [6.45, 7) is 3.07. The molecule has 1 rings (SSSR count). The van der Waals surface area contributed by atoms with E-state index in [1.54, 1.807) is 4.90 Å². The van der Waals surface area contributed by atoms with E-state index in [2.05, 4.69) is 12.4 Å². The van der Waals surface area contributed by atoms with E-state index in [0.29, 0.717) is 13.1 Å². The summed E-state index contributed by atoms with van der Waals surface area (Å²) in [4.78, 5) is 36.2. The monoisotopic (exact) mass is 257 g/mol. The van der Waals surface area contributed by atoms with Crippen LogP contribution in [0, 0.1) is 0 Å². The predicted octanol–water partition coefficient (Wildman–Crippen LogP) is -3.03. The molecule has 0 bridgehead atoms. The van der Waals surface area contributed by atoms with Gasteiger partial charge in [0.1, 0.15) is 0 Å². The summed E-state index contributed by atoms with van der Waals surface area (Å²) in [7, 11) is 2.06. The highest BCUT2D eigenvalue weighted by Gasteiger charge is 2.20. The van der Waals surface area contributed by atoms with E-state index in [9.17, 15) is 19.5 Å². The Bertz CT molecular complexity index is 332. The number of aliphatic carboxylic acids is 1. The smallest absolute Gasteiger partial charge is 0.324 e. The second-order valence-corrected chi connectivity index (χ2v) is 4.52. The molecule has 0 aliphatic carbocycles. The van der Waals surface area contributed by atoms with E-state index in [4.69, 9.17) is 0 Å². The number of carbonyl (C=O) groups excluding carboxylic acids is 3. The van der Waals surface area contributed by atoms with Gasteiger partial charge in [0, 0.05) is 25.4 Å². The molecule has 2 N–H and O–H groups in total. The maximum absolute atomic E-state index is 11.7. The van der Waals surface area contributed by atoms with Crippen LogP contribution < -0.4 is 15.3 Å². The molecule has 0 radical (unpaired) electrons. The highest BCUT2D eigenvalue weighted by molar-refractivity contribution is 5.95. The SMILES string of the molecule is C[NH+]1CCCN(C(=O)NC(=O)CCC(=O)[O-])CC1. The minimum Gasteiger partial charge on any atom is -0.550 e. The molecule has 0 aromatic rings. The van der Waals surface area contributed by atoms with Crippen LogP contribution in [-0.4, -0.2) is 56.0 Å². The third kappa shape index (κ3) is 5.13. The highest BCUT2D eigenvalue weighted by Crippen LogP contribution is 1.95. The van der Waals surface area contributed by atoms with Gasteiger partial charge in [-0.05, 0) is 6.42 Å². The molecule has 1 unspecified atom stereocenters. The zero-order valence-electron chi connectivity index (χ0n) is 10.5. The van der Waals surface area contributed by atoms with Gasteiger partial charge in [0.05, 0.1) is 26.7 Å². The topological polar surface area (TPSA) is 94.0 Å². The first-order valence-corrected chi connectivity index (χ1v) is 6.09. The molecule has 0 spiro atoms. The number of likely N-dealkylation sites (N-methyl/N-ethyl adjacent to an activating group) is 1. The van der Waals surface area contributed by atoms with Gasteiger partial charge in [-0.15, -0.1) is 0 Å². The van der Waals surface area contributed by atoms with E-state index in [1.165, 1.54) is 4.90 Å². The van der Waals surface area contributed by atoms with E-state index >= 15 is 0 Å². The molecule has 1 aliphatic rings. The van der Waals surface area contributed by atoms with Gasteiger partial charge in [0.2, 0.25) is 5.91 Å². The lowest BCUT2D eigenvalue weighted by atomic mass is 10.3. The van der Waals surface area contributed by atoms with Gasteiger partial charge in [0.25, 0.3) is 0 Å². The van der Waals surface area contributed by atoms with E-state index in [-0.39, 0.29) is 12.8 Å². The minimum atomic E-state index is -1.29. The molecule has 3 amide bonds. The summed E-state index contributed by atoms with van der Waals surface area (Å²) < 4.78 is 0. The zero-order valence-corrected chi connectivity index (χ0v) is 10.5. The quantitative estimate of drug-likeness (QED) is 0.562. The molecule has 1 atom stereocenters. The normalized spacial score (nSPS) is 20.1. The first-order chi connectivity index (χ1) is 8.49. The number of carbonyl (C=O) groups is 3. The molecule has 7 heteroatoms. The van der Waals surface area contributed by atoms with Crippen molar-refractivity contribution < 1.29 is 24.4 Å². The molecule has 0 saturated carbocycles. The van der Waals surface area contributed by atoms with Crippen molar-refractivity contribution in [1.82, 2.24) is 10.2 Å². The lowest BCUT2D eigenvalue weighted by molar-refractivity contribution is -0.877. The van der Waals surface area contributed by atoms with Crippen molar-refractivity contribution in [3.63, 3.8) is 0 Å². The Kier molecular flexibility index (Phi) is 5.57. The molecule has 1 saturated heterocycles. The van der Waals surface area contributed by atoms with Crippen molar-refractivity contribution >= 4 is 17.9 Å². The first-order valence-electron chi connectivity index (χ1n) is 6.09. The largest absolute Gasteiger partial charge is 0.550 e. The summed E-state index contributed by atoms with van der Waals surface area (Å²) in [5.41, 5.74) is 0. The molecule has 102 valence electrons. The van der Waals surface area contributed by atoms with Crippen LogP contribution in [0.5, 0.6) is 0 Å². The van der Waals surface area contributed by atoms with Crippen LogP contribution in [-0.2, 0) is 9.59 Å². The fourth-order valence-electron chi connectivity index (χ4n) is 1.81. The molecule has 0 aromatic carbocycles. The summed E-state index contributed by atoms with van der Waals surface area (Å²) >= 11 is 0. The van der Waals surface area contributed by atoms with Gasteiger partial charge in [-0.25, -0.2) is 4.79 Å². The van der Waals surface area contributed by atoms with E-state index < -0.39 is 17.9 Å². The van der Waals surface area contributed by atoms with Crippen molar-refractivity contribution in [3.8, 4) is 0 Å². The number of hydrogen-bond acceptors (Lipinski definition) is 4. The first kappa shape index (κ1) is 14.4. The second kappa shape index (κ2) is 6.95. The van der Waals surface area contributed by atoms with Gasteiger partial charge < -0.3 is 19.7 Å². The van der Waals surface area contributed by atoms with Crippen LogP contribution in [0.3, 0.4) is 0 Å². The fourth-order valence-corrected chi connectivity index (χ4v) is 1.81. The lowest BCUT2D eigenvalue weighted by Gasteiger charge is -2.19. The van der Waals surface area contributed by atoms with E-state index in [1.807, 2.05) is 0 Å². The van der Waals surface area contributed by atoms with Gasteiger partial charge in [-0.3, -0.25) is 10.1 Å². The van der Waals surface area contributed by atoms with Crippen LogP contribution in [0.2, 0.25) is 0 Å². The van der Waals surface area contributed by atoms with Crippen LogP contribution in [0.25, 0.3) is 0 Å². The fraction of sp³-hybridized carbons (Fsp3) is 0.727. The van der Waals surface area contributed by atoms with Crippen LogP contribution in [0.1, 0.15) is 19.3 Å². The van der Waals surface area contributed by atoms with E-state index in [0.717, 1.165) is 19.5 Å². The molecule has 1 heterocycles. The maximum atomic E-state index is 11.7. The third-order valence-corrected chi connectivity index (χ3v) is 2.93. The number of hydrogen-bond donors (Lipinski definition) is 2. The molecular weight excluding hydrogens is 238 g/mol. The van der Waals surface area contributed by atoms with Gasteiger partial charge >= 0.3 is 6.03 Å². The Balaban J connectivity index is 2.35. The number of imide groups is 1. The molecule has 0 aromatic heterocycles. The molecule has 18 heavy (non-hydrogen) atoms. The Hall–Kier alpha value is -1.63. The lowest BCUT2D eigenvalue weighted by Crippen LogP contribution is -3.09. The van der Waals surface area contributed by atoms with Crippen molar-refractivity contribution in [2.75, 3.05) is 33.2 Å². The summed E-state index contributed by atoms with van der Waals surface area (Å²) in [6, 6.07) is -0.437. The summed E-state index contributed by atoms with van der Waals surface area (Å²) in [6.07, 6.45) is 0.297. The predicted molar refractivity (Wildman–Crippen MR) is 60.6 cm³/mol. The molecular formula is C11H19N3O4. The van der Waals surface area contributed by atoms with Crippen molar-refractivity contribution in [1.29, 1.82) is 0 Å². The molecule has 7 nitrogen and oxygen atoms in total. The van der Waals surface area contributed by atoms with Crippen LogP contribution >= 0.6 is 0 Å². The Morgan fingerprint density at radius 2 is 1.94 bits per heavy atom. The van der Waals surface area contributed by atoms with Crippen molar-refractivity contribution in [2.45, 2.75) is 19.3 Å². The average molecular weight is 257 g/mol. The summed E-state index contributed by atoms with van der Waals surface area (Å²) in [5, 5.41) is 12.4. The minimum absolute atomic E-state index is 0.229. The zero-order chi connectivity index (χ0) is 13.5. The number of carboxylic acids is 1. The number of rotatable bonds is 3. The molecule has 1 fully saturated rings. The highest BCUT2D eigenvalue weighted by atomic mass is 16.4. The number of carboxylic acid groups (broad SMARTS) is 1. The van der Waals surface area contributed by atoms with Gasteiger partial charge in [-0.2, -0.15) is 0 Å². The standard InChI is InChI=1S/C11H19N3O4/c1-13-5-2-6-14(8-7-13)11(18)12-9(15)3-4-10(16)17/h2-8H2,1H3,(H,16,17)(H,12,15,18). The Labute approximate surface area is 106 Å². The van der Waals surface area contributed by atoms with Crippen molar-refractivity contribution in [3.05, 3.63) is 0 Å². The Morgan fingerprint density at radius 1 is 1.22 bits per heavy atom. The van der Waals surface area contributed by atoms with Gasteiger partial charge in [0.15, 0.2) is 0 Å². The van der Waals surface area contributed by atoms with Crippen LogP contribution in [0.4, 0.5) is 4.79 Å². The molecule has 1 aliphatic heterocycles. The van der Waals surface area contributed by atoms with Crippen LogP contribution in [0.15, 0.2) is 0 Å². The number of quaternary nitrogens is 1. The van der Waals surface area contributed by atoms with Gasteiger partial charge in [-0.1, -0.05) is 0 Å². The summed E-state index contributed by atoms with van der Waals surface area (Å²) in [5.74, 6) is -1.87. The van der Waals surface area contributed by atoms with Crippen molar-refractivity contribution in [2.24, 2.45) is 0 Å². The maximum Gasteiger partial charge on any atom is 0.324 e. The Morgan fingerprint density at radius 3 is 2.61 bits per heavy atom. The third-order valence-electron chi connectivity index (χ3n) is 2.93. The number of amides is 3. The average Bonchev–Trinajstić information content (AvgIpc) is 2.51. The second-order valence-electron chi connectivity index (χ2n) is 4.52. The number of nitrogens with one attached hydrogen (secondary N) is 2.